The van der Waals surface area contributed by atoms with Gasteiger partial charge in [0.25, 0.3) is 0 Å². The Morgan fingerprint density at radius 3 is 3.00 bits per heavy atom. The number of benzene rings is 1. The normalized spacial score (nSPS) is 31.0. The van der Waals surface area contributed by atoms with Gasteiger partial charge in [-0.15, -0.1) is 11.8 Å². The van der Waals surface area contributed by atoms with Gasteiger partial charge in [-0.1, -0.05) is 30.7 Å². The molecule has 1 heterocycles. The summed E-state index contributed by atoms with van der Waals surface area (Å²) < 4.78 is 0. The van der Waals surface area contributed by atoms with Crippen LogP contribution in [0.5, 0.6) is 0 Å². The van der Waals surface area contributed by atoms with Crippen molar-refractivity contribution >= 4 is 17.7 Å². The molecule has 2 N–H and O–H groups in total. The Bertz CT molecular complexity index is 477. The van der Waals surface area contributed by atoms with Gasteiger partial charge in [-0.05, 0) is 30.4 Å². The van der Waals surface area contributed by atoms with E-state index in [-0.39, 0.29) is 4.87 Å². The van der Waals surface area contributed by atoms with Crippen molar-refractivity contribution in [1.82, 2.24) is 5.32 Å². The molecule has 3 nitrogen and oxygen atoms in total. The van der Waals surface area contributed by atoms with Gasteiger partial charge < -0.3 is 5.11 Å². The molecule has 2 atom stereocenters. The molecule has 1 unspecified atom stereocenters. The number of nitrogens with one attached hydrogen (secondary N) is 1. The van der Waals surface area contributed by atoms with Crippen molar-refractivity contribution in [1.29, 1.82) is 0 Å². The van der Waals surface area contributed by atoms with Crippen LogP contribution in [0.1, 0.15) is 30.4 Å². The topological polar surface area (TPSA) is 49.3 Å². The van der Waals surface area contributed by atoms with Crippen LogP contribution in [0.3, 0.4) is 0 Å². The molecule has 1 spiro atoms. The predicted octanol–water partition coefficient (Wildman–Crippen LogP) is 2.36. The number of aliphatic carboxylic acids is 1. The van der Waals surface area contributed by atoms with E-state index in [0.29, 0.717) is 5.75 Å². The molecule has 2 aliphatic rings. The molecule has 4 heteroatoms. The highest BCUT2D eigenvalue weighted by Crippen LogP contribution is 2.46. The molecule has 1 aliphatic carbocycles. The third kappa shape index (κ3) is 1.93. The first kappa shape index (κ1) is 12.1. The van der Waals surface area contributed by atoms with Gasteiger partial charge in [-0.25, -0.2) is 0 Å². The fourth-order valence-electron chi connectivity index (χ4n) is 2.98. The first-order valence-corrected chi connectivity index (χ1v) is 7.43. The number of carboxylic acid groups (broad SMARTS) is 1. The quantitative estimate of drug-likeness (QED) is 0.816. The van der Waals surface area contributed by atoms with Crippen molar-refractivity contribution in [3.05, 3.63) is 35.4 Å². The van der Waals surface area contributed by atoms with Crippen LogP contribution in [0.25, 0.3) is 0 Å². The van der Waals surface area contributed by atoms with Crippen LogP contribution in [0.15, 0.2) is 24.3 Å². The SMILES string of the molecule is O=C(O)[C@@H]1CSC2(CCCCc3ccccc32)N1. The lowest BCUT2D eigenvalue weighted by atomic mass is 9.98. The van der Waals surface area contributed by atoms with Crippen LogP contribution in [-0.4, -0.2) is 22.9 Å². The van der Waals surface area contributed by atoms with E-state index in [9.17, 15) is 4.79 Å². The molecule has 0 aromatic heterocycles. The van der Waals surface area contributed by atoms with E-state index in [2.05, 4.69) is 29.6 Å². The van der Waals surface area contributed by atoms with E-state index < -0.39 is 12.0 Å². The fraction of sp³-hybridized carbons (Fsp3) is 0.500. The number of carbonyl (C=O) groups is 1. The van der Waals surface area contributed by atoms with Gasteiger partial charge in [-0.3, -0.25) is 10.1 Å². The summed E-state index contributed by atoms with van der Waals surface area (Å²) in [6.45, 7) is 0. The minimum Gasteiger partial charge on any atom is -0.480 e. The summed E-state index contributed by atoms with van der Waals surface area (Å²) in [6, 6.07) is 8.05. The molecule has 1 fully saturated rings. The second-order valence-corrected chi connectivity index (χ2v) is 6.36. The predicted molar refractivity (Wildman–Crippen MR) is 72.7 cm³/mol. The van der Waals surface area contributed by atoms with E-state index in [1.165, 1.54) is 17.5 Å². The van der Waals surface area contributed by atoms with Crippen LogP contribution in [0, 0.1) is 0 Å². The maximum Gasteiger partial charge on any atom is 0.321 e. The Balaban J connectivity index is 1.99. The molecule has 96 valence electrons. The number of thioether (sulfide) groups is 1. The molecule has 0 saturated carbocycles. The van der Waals surface area contributed by atoms with E-state index in [1.54, 1.807) is 11.8 Å². The Morgan fingerprint density at radius 2 is 2.22 bits per heavy atom. The number of fused-ring (bicyclic) bond motifs is 2. The monoisotopic (exact) mass is 263 g/mol. The number of aryl methyl sites for hydroxylation is 1. The minimum atomic E-state index is -0.735. The summed E-state index contributed by atoms with van der Waals surface area (Å²) in [5.74, 6) is -0.0787. The summed E-state index contributed by atoms with van der Waals surface area (Å²) in [5.41, 5.74) is 2.68. The molecule has 0 bridgehead atoms. The lowest BCUT2D eigenvalue weighted by Gasteiger charge is -2.30. The van der Waals surface area contributed by atoms with Gasteiger partial charge in [0.2, 0.25) is 0 Å². The lowest BCUT2D eigenvalue weighted by molar-refractivity contribution is -0.138. The minimum absolute atomic E-state index is 0.170. The first-order valence-electron chi connectivity index (χ1n) is 6.44. The number of hydrogen-bond donors (Lipinski definition) is 2. The van der Waals surface area contributed by atoms with Crippen molar-refractivity contribution in [2.75, 3.05) is 5.75 Å². The Kier molecular flexibility index (Phi) is 3.08. The number of hydrogen-bond acceptors (Lipinski definition) is 3. The Hall–Kier alpha value is -1.00. The standard InChI is InChI=1S/C14H17NO2S/c16-13(17)12-9-18-14(15-12)8-4-3-6-10-5-1-2-7-11(10)14/h1-2,5,7,12,15H,3-4,6,8-9H2,(H,16,17)/t12-,14?/m0/s1. The fourth-order valence-corrected chi connectivity index (χ4v) is 4.53. The molecule has 1 aromatic rings. The van der Waals surface area contributed by atoms with Crippen LogP contribution in [-0.2, 0) is 16.1 Å². The summed E-state index contributed by atoms with van der Waals surface area (Å²) in [7, 11) is 0. The van der Waals surface area contributed by atoms with E-state index in [4.69, 9.17) is 5.11 Å². The largest absolute Gasteiger partial charge is 0.480 e. The van der Waals surface area contributed by atoms with Crippen LogP contribution < -0.4 is 5.32 Å². The van der Waals surface area contributed by atoms with Gasteiger partial charge >= 0.3 is 5.97 Å². The highest BCUT2D eigenvalue weighted by molar-refractivity contribution is 8.00. The second kappa shape index (κ2) is 4.59. The van der Waals surface area contributed by atoms with Crippen LogP contribution in [0.2, 0.25) is 0 Å². The van der Waals surface area contributed by atoms with E-state index in [1.807, 2.05) is 0 Å². The third-order valence-corrected chi connectivity index (χ3v) is 5.41. The third-order valence-electron chi connectivity index (χ3n) is 3.88. The van der Waals surface area contributed by atoms with Gasteiger partial charge in [-0.2, -0.15) is 0 Å². The number of rotatable bonds is 1. The van der Waals surface area contributed by atoms with Gasteiger partial charge in [0, 0.05) is 5.75 Å². The summed E-state index contributed by atoms with van der Waals surface area (Å²) in [5, 5.41) is 12.5. The molecular weight excluding hydrogens is 246 g/mol. The van der Waals surface area contributed by atoms with Crippen LogP contribution in [0.4, 0.5) is 0 Å². The van der Waals surface area contributed by atoms with Crippen molar-refractivity contribution in [2.45, 2.75) is 36.6 Å². The molecule has 1 saturated heterocycles. The maximum absolute atomic E-state index is 11.1. The Morgan fingerprint density at radius 1 is 1.39 bits per heavy atom. The van der Waals surface area contributed by atoms with Crippen LogP contribution >= 0.6 is 11.8 Å². The van der Waals surface area contributed by atoms with Gasteiger partial charge in [0.1, 0.15) is 6.04 Å². The summed E-state index contributed by atoms with van der Waals surface area (Å²) in [6.07, 6.45) is 4.48. The molecule has 1 aliphatic heterocycles. The zero-order valence-electron chi connectivity index (χ0n) is 10.2. The molecule has 3 rings (SSSR count). The first-order chi connectivity index (χ1) is 8.71. The second-order valence-electron chi connectivity index (χ2n) is 5.04. The zero-order chi connectivity index (χ0) is 12.6. The molecular formula is C14H17NO2S. The summed E-state index contributed by atoms with van der Waals surface area (Å²) in [4.78, 5) is 11.0. The molecule has 0 amide bonds. The smallest absolute Gasteiger partial charge is 0.321 e. The molecule has 18 heavy (non-hydrogen) atoms. The van der Waals surface area contributed by atoms with E-state index in [0.717, 1.165) is 19.3 Å². The lowest BCUT2D eigenvalue weighted by Crippen LogP contribution is -2.43. The number of carboxylic acids is 1. The van der Waals surface area contributed by atoms with E-state index >= 15 is 0 Å². The molecule has 0 radical (unpaired) electrons. The average molecular weight is 263 g/mol. The maximum atomic E-state index is 11.1. The molecule has 1 aromatic carbocycles. The Labute approximate surface area is 111 Å². The summed E-state index contributed by atoms with van der Waals surface area (Å²) >= 11 is 1.77. The van der Waals surface area contributed by atoms with Gasteiger partial charge in [0.15, 0.2) is 0 Å². The van der Waals surface area contributed by atoms with Crippen molar-refractivity contribution < 1.29 is 9.90 Å². The average Bonchev–Trinajstić information content (AvgIpc) is 2.72. The van der Waals surface area contributed by atoms with Gasteiger partial charge in [0.05, 0.1) is 4.87 Å². The van der Waals surface area contributed by atoms with Crippen molar-refractivity contribution in [3.8, 4) is 0 Å². The zero-order valence-corrected chi connectivity index (χ0v) is 11.0. The highest BCUT2D eigenvalue weighted by Gasteiger charge is 2.44. The van der Waals surface area contributed by atoms with Crippen molar-refractivity contribution in [3.63, 3.8) is 0 Å². The van der Waals surface area contributed by atoms with Crippen molar-refractivity contribution in [2.24, 2.45) is 0 Å². The highest BCUT2D eigenvalue weighted by atomic mass is 32.2.